The third-order valence-corrected chi connectivity index (χ3v) is 4.96. The highest BCUT2D eigenvalue weighted by molar-refractivity contribution is 5.14. The molecule has 0 bridgehead atoms. The number of allylic oxidation sites excluding steroid dienone is 1. The van der Waals surface area contributed by atoms with Crippen molar-refractivity contribution in [1.82, 2.24) is 0 Å². The largest absolute Gasteiger partial charge is 0.370 e. The van der Waals surface area contributed by atoms with Crippen LogP contribution in [0.15, 0.2) is 12.2 Å². The molecule has 2 saturated carbocycles. The van der Waals surface area contributed by atoms with E-state index >= 15 is 0 Å². The van der Waals surface area contributed by atoms with Gasteiger partial charge in [-0.3, -0.25) is 0 Å². The molecule has 4 atom stereocenters. The maximum absolute atomic E-state index is 5.68. The Morgan fingerprint density at radius 2 is 1.93 bits per heavy atom. The number of fused-ring (bicyclic) bond motifs is 2. The first-order chi connectivity index (χ1) is 7.08. The van der Waals surface area contributed by atoms with Crippen molar-refractivity contribution in [2.24, 2.45) is 17.3 Å². The Balaban J connectivity index is 1.75. The van der Waals surface area contributed by atoms with Gasteiger partial charge in [0.25, 0.3) is 0 Å². The van der Waals surface area contributed by atoms with E-state index < -0.39 is 0 Å². The Bertz CT molecular complexity index is 292. The molecule has 0 spiro atoms. The van der Waals surface area contributed by atoms with Crippen molar-refractivity contribution >= 4 is 0 Å². The minimum atomic E-state index is 0.558. The van der Waals surface area contributed by atoms with E-state index in [9.17, 15) is 0 Å². The molecule has 4 unspecified atom stereocenters. The second-order valence-corrected chi connectivity index (χ2v) is 6.39. The summed E-state index contributed by atoms with van der Waals surface area (Å²) in [5.74, 6) is 1.71. The highest BCUT2D eigenvalue weighted by Crippen LogP contribution is 2.57. The van der Waals surface area contributed by atoms with Gasteiger partial charge in [0.1, 0.15) is 0 Å². The Hall–Kier alpha value is -0.300. The fraction of sp³-hybridized carbons (Fsp3) is 0.857. The summed E-state index contributed by atoms with van der Waals surface area (Å²) in [4.78, 5) is 0. The summed E-state index contributed by atoms with van der Waals surface area (Å²) in [6.45, 7) is 9.15. The van der Waals surface area contributed by atoms with Gasteiger partial charge in [-0.15, -0.1) is 0 Å². The van der Waals surface area contributed by atoms with Gasteiger partial charge in [-0.25, -0.2) is 0 Å². The van der Waals surface area contributed by atoms with Crippen LogP contribution in [-0.2, 0) is 4.74 Å². The van der Waals surface area contributed by atoms with E-state index in [1.807, 2.05) is 0 Å². The molecule has 1 nitrogen and oxygen atoms in total. The molecule has 3 fully saturated rings. The van der Waals surface area contributed by atoms with E-state index in [2.05, 4.69) is 20.4 Å². The molecule has 1 heteroatoms. The van der Waals surface area contributed by atoms with Crippen LogP contribution in [0.5, 0.6) is 0 Å². The minimum absolute atomic E-state index is 0.558. The van der Waals surface area contributed by atoms with Gasteiger partial charge in [0.15, 0.2) is 0 Å². The predicted octanol–water partition coefficient (Wildman–Crippen LogP) is 3.55. The zero-order chi connectivity index (χ0) is 10.6. The fourth-order valence-electron chi connectivity index (χ4n) is 3.81. The third kappa shape index (κ3) is 1.56. The van der Waals surface area contributed by atoms with Gasteiger partial charge in [-0.2, -0.15) is 0 Å². The Labute approximate surface area is 92.9 Å². The second kappa shape index (κ2) is 3.10. The van der Waals surface area contributed by atoms with Crippen molar-refractivity contribution in [3.05, 3.63) is 12.2 Å². The third-order valence-electron chi connectivity index (χ3n) is 4.96. The number of epoxide rings is 1. The van der Waals surface area contributed by atoms with E-state index in [1.54, 1.807) is 0 Å². The molecule has 0 aromatic carbocycles. The average molecular weight is 206 g/mol. The van der Waals surface area contributed by atoms with Crippen LogP contribution in [0.3, 0.4) is 0 Å². The standard InChI is InChI=1S/C14H22O/c1-9-4-6-12-13(15-12)7-5-11-10(9)8-14(11,2)3/h10-13H,1,4-8H2,2-3H3. The molecule has 3 aliphatic rings. The quantitative estimate of drug-likeness (QED) is 0.436. The molecular weight excluding hydrogens is 184 g/mol. The van der Waals surface area contributed by atoms with Gasteiger partial charge in [0.05, 0.1) is 12.2 Å². The lowest BCUT2D eigenvalue weighted by Gasteiger charge is -2.53. The van der Waals surface area contributed by atoms with Gasteiger partial charge in [-0.1, -0.05) is 26.0 Å². The molecule has 0 N–H and O–H groups in total. The molecule has 2 aliphatic carbocycles. The fourth-order valence-corrected chi connectivity index (χ4v) is 3.81. The van der Waals surface area contributed by atoms with Crippen molar-refractivity contribution in [3.8, 4) is 0 Å². The summed E-state index contributed by atoms with van der Waals surface area (Å²) in [6.07, 6.45) is 7.65. The minimum Gasteiger partial charge on any atom is -0.370 e. The molecule has 0 radical (unpaired) electrons. The van der Waals surface area contributed by atoms with Crippen molar-refractivity contribution in [3.63, 3.8) is 0 Å². The van der Waals surface area contributed by atoms with E-state index in [1.165, 1.54) is 37.7 Å². The van der Waals surface area contributed by atoms with Crippen LogP contribution in [-0.4, -0.2) is 12.2 Å². The van der Waals surface area contributed by atoms with Gasteiger partial charge in [0, 0.05) is 0 Å². The summed E-state index contributed by atoms with van der Waals surface area (Å²) >= 11 is 0. The van der Waals surface area contributed by atoms with Gasteiger partial charge in [-0.05, 0) is 49.4 Å². The molecule has 3 rings (SSSR count). The SMILES string of the molecule is C=C1CCC2OC2CCC2C1CC2(C)C. The summed E-state index contributed by atoms with van der Waals surface area (Å²) in [5.41, 5.74) is 2.07. The summed E-state index contributed by atoms with van der Waals surface area (Å²) in [6, 6.07) is 0. The van der Waals surface area contributed by atoms with Crippen LogP contribution in [0.1, 0.15) is 46.0 Å². The monoisotopic (exact) mass is 206 g/mol. The molecule has 0 amide bonds. The zero-order valence-corrected chi connectivity index (χ0v) is 9.96. The lowest BCUT2D eigenvalue weighted by molar-refractivity contribution is 0.000405. The molecule has 1 saturated heterocycles. The maximum atomic E-state index is 5.68. The number of rotatable bonds is 0. The van der Waals surface area contributed by atoms with Crippen molar-refractivity contribution in [2.45, 2.75) is 58.2 Å². The average Bonchev–Trinajstić information content (AvgIpc) is 2.89. The van der Waals surface area contributed by atoms with Crippen molar-refractivity contribution < 1.29 is 4.74 Å². The molecule has 1 aliphatic heterocycles. The molecule has 15 heavy (non-hydrogen) atoms. The van der Waals surface area contributed by atoms with Crippen molar-refractivity contribution in [1.29, 1.82) is 0 Å². The van der Waals surface area contributed by atoms with E-state index in [4.69, 9.17) is 4.74 Å². The molecule has 0 aromatic heterocycles. The first-order valence-electron chi connectivity index (χ1n) is 6.41. The molecule has 84 valence electrons. The molecule has 1 heterocycles. The van der Waals surface area contributed by atoms with E-state index in [0.29, 0.717) is 17.6 Å². The van der Waals surface area contributed by atoms with E-state index in [-0.39, 0.29) is 0 Å². The van der Waals surface area contributed by atoms with Crippen LogP contribution in [0.25, 0.3) is 0 Å². The first kappa shape index (κ1) is 9.89. The summed E-state index contributed by atoms with van der Waals surface area (Å²) < 4.78 is 5.68. The summed E-state index contributed by atoms with van der Waals surface area (Å²) in [7, 11) is 0. The highest BCUT2D eigenvalue weighted by Gasteiger charge is 2.50. The van der Waals surface area contributed by atoms with Crippen LogP contribution in [0.2, 0.25) is 0 Å². The van der Waals surface area contributed by atoms with Gasteiger partial charge < -0.3 is 4.74 Å². The van der Waals surface area contributed by atoms with Gasteiger partial charge >= 0.3 is 0 Å². The Morgan fingerprint density at radius 3 is 2.67 bits per heavy atom. The zero-order valence-electron chi connectivity index (χ0n) is 9.96. The Kier molecular flexibility index (Phi) is 2.04. The van der Waals surface area contributed by atoms with Crippen LogP contribution in [0, 0.1) is 17.3 Å². The lowest BCUT2D eigenvalue weighted by Crippen LogP contribution is -2.44. The highest BCUT2D eigenvalue weighted by atomic mass is 16.6. The Morgan fingerprint density at radius 1 is 1.20 bits per heavy atom. The maximum Gasteiger partial charge on any atom is 0.0845 e. The van der Waals surface area contributed by atoms with Crippen LogP contribution >= 0.6 is 0 Å². The molecular formula is C14H22O. The number of hydrogen-bond donors (Lipinski definition) is 0. The van der Waals surface area contributed by atoms with Gasteiger partial charge in [0.2, 0.25) is 0 Å². The predicted molar refractivity (Wildman–Crippen MR) is 61.6 cm³/mol. The van der Waals surface area contributed by atoms with Crippen molar-refractivity contribution in [2.75, 3.05) is 0 Å². The normalized spacial score (nSPS) is 47.7. The topological polar surface area (TPSA) is 12.5 Å². The first-order valence-corrected chi connectivity index (χ1v) is 6.41. The lowest BCUT2D eigenvalue weighted by atomic mass is 9.52. The van der Waals surface area contributed by atoms with Crippen LogP contribution in [0.4, 0.5) is 0 Å². The smallest absolute Gasteiger partial charge is 0.0845 e. The summed E-state index contributed by atoms with van der Waals surface area (Å²) in [5, 5.41) is 0. The van der Waals surface area contributed by atoms with Crippen LogP contribution < -0.4 is 0 Å². The molecule has 0 aromatic rings. The number of hydrogen-bond acceptors (Lipinski definition) is 1. The van der Waals surface area contributed by atoms with E-state index in [0.717, 1.165) is 11.8 Å². The number of ether oxygens (including phenoxy) is 1. The second-order valence-electron chi connectivity index (χ2n) is 6.39.